The molecule has 1 aromatic rings. The van der Waals surface area contributed by atoms with Crippen LogP contribution in [0.4, 0.5) is 5.82 Å². The number of aliphatic hydroxyl groups is 1. The van der Waals surface area contributed by atoms with Crippen LogP contribution in [0.5, 0.6) is 0 Å². The Labute approximate surface area is 134 Å². The van der Waals surface area contributed by atoms with E-state index in [1.54, 1.807) is 0 Å². The molecule has 0 saturated heterocycles. The van der Waals surface area contributed by atoms with E-state index in [1.165, 1.54) is 7.11 Å². The van der Waals surface area contributed by atoms with E-state index in [0.717, 1.165) is 38.5 Å². The Morgan fingerprint density at radius 3 is 2.64 bits per heavy atom. The van der Waals surface area contributed by atoms with Crippen molar-refractivity contribution < 1.29 is 14.6 Å². The quantitative estimate of drug-likeness (QED) is 0.827. The van der Waals surface area contributed by atoms with Gasteiger partial charge in [0, 0.05) is 5.92 Å². The molecule has 0 radical (unpaired) electrons. The smallest absolute Gasteiger partial charge is 0.358 e. The average Bonchev–Trinajstić information content (AvgIpc) is 3.35. The van der Waals surface area contributed by atoms with Gasteiger partial charge in [-0.1, -0.05) is 24.4 Å². The number of methoxy groups -OCH3 is 1. The topological polar surface area (TPSA) is 84.3 Å². The third-order valence-electron chi connectivity index (χ3n) is 4.24. The lowest BCUT2D eigenvalue weighted by atomic mass is 9.92. The first-order valence-electron chi connectivity index (χ1n) is 7.70. The summed E-state index contributed by atoms with van der Waals surface area (Å²) in [5, 5.41) is 13.5. The second kappa shape index (κ2) is 6.38. The summed E-state index contributed by atoms with van der Waals surface area (Å²) in [5.41, 5.74) is 0.0915. The molecule has 2 aliphatic rings. The number of carbonyl (C=O) groups is 1. The number of carbonyl (C=O) groups excluding carboxylic acids is 1. The van der Waals surface area contributed by atoms with Crippen molar-refractivity contribution in [2.75, 3.05) is 12.4 Å². The van der Waals surface area contributed by atoms with Crippen LogP contribution >= 0.6 is 11.6 Å². The highest BCUT2D eigenvalue weighted by Crippen LogP contribution is 2.40. The summed E-state index contributed by atoms with van der Waals surface area (Å²) in [7, 11) is 1.30. The van der Waals surface area contributed by atoms with Crippen molar-refractivity contribution in [1.29, 1.82) is 0 Å². The molecule has 120 valence electrons. The summed E-state index contributed by atoms with van der Waals surface area (Å²) in [5.74, 6) is 0.765. The van der Waals surface area contributed by atoms with Crippen LogP contribution in [0.3, 0.4) is 0 Å². The number of hydrogen-bond acceptors (Lipinski definition) is 6. The van der Waals surface area contributed by atoms with Crippen molar-refractivity contribution in [3.05, 3.63) is 16.5 Å². The van der Waals surface area contributed by atoms with E-state index in [0.29, 0.717) is 11.6 Å². The third-order valence-corrected chi connectivity index (χ3v) is 4.60. The largest absolute Gasteiger partial charge is 0.464 e. The zero-order valence-corrected chi connectivity index (χ0v) is 13.3. The third kappa shape index (κ3) is 3.17. The van der Waals surface area contributed by atoms with Crippen LogP contribution in [0.2, 0.25) is 5.02 Å². The van der Waals surface area contributed by atoms with E-state index < -0.39 is 12.1 Å². The molecule has 0 spiro atoms. The summed E-state index contributed by atoms with van der Waals surface area (Å²) in [6.45, 7) is 0. The number of halogens is 1. The molecule has 2 N–H and O–H groups in total. The first-order chi connectivity index (χ1) is 10.6. The molecule has 0 aromatic carbocycles. The predicted octanol–water partition coefficient (Wildman–Crippen LogP) is 2.51. The fourth-order valence-electron chi connectivity index (χ4n) is 2.77. The maximum absolute atomic E-state index is 11.9. The van der Waals surface area contributed by atoms with E-state index in [4.69, 9.17) is 16.3 Å². The van der Waals surface area contributed by atoms with E-state index in [2.05, 4.69) is 15.3 Å². The van der Waals surface area contributed by atoms with Gasteiger partial charge in [-0.3, -0.25) is 0 Å². The minimum Gasteiger partial charge on any atom is -0.464 e. The van der Waals surface area contributed by atoms with Crippen molar-refractivity contribution in [3.8, 4) is 0 Å². The zero-order chi connectivity index (χ0) is 15.7. The minimum atomic E-state index is -0.568. The second-order valence-corrected chi connectivity index (χ2v) is 6.34. The number of ether oxygens (including phenoxy) is 1. The predicted molar refractivity (Wildman–Crippen MR) is 82.2 cm³/mol. The molecule has 1 heterocycles. The van der Waals surface area contributed by atoms with Gasteiger partial charge in [0.05, 0.1) is 19.3 Å². The number of aliphatic hydroxyl groups excluding tert-OH is 1. The van der Waals surface area contributed by atoms with Gasteiger partial charge in [-0.2, -0.15) is 0 Å². The highest BCUT2D eigenvalue weighted by Gasteiger charge is 2.31. The van der Waals surface area contributed by atoms with Crippen LogP contribution in [0, 0.1) is 0 Å². The molecular formula is C15H20ClN3O3. The lowest BCUT2D eigenvalue weighted by Gasteiger charge is -2.29. The SMILES string of the molecule is COC(=O)c1nc(C2CC2)nc(N[C@@H]2CCCC[C@H]2O)c1Cl. The summed E-state index contributed by atoms with van der Waals surface area (Å²) < 4.78 is 4.75. The van der Waals surface area contributed by atoms with E-state index in [1.807, 2.05) is 0 Å². The molecule has 1 aromatic heterocycles. The van der Waals surface area contributed by atoms with E-state index in [-0.39, 0.29) is 22.7 Å². The van der Waals surface area contributed by atoms with Crippen LogP contribution in [-0.2, 0) is 4.74 Å². The van der Waals surface area contributed by atoms with E-state index >= 15 is 0 Å². The highest BCUT2D eigenvalue weighted by atomic mass is 35.5. The first kappa shape index (κ1) is 15.5. The molecule has 2 saturated carbocycles. The maximum atomic E-state index is 11.9. The molecule has 6 nitrogen and oxygen atoms in total. The van der Waals surface area contributed by atoms with E-state index in [9.17, 15) is 9.90 Å². The number of esters is 1. The van der Waals surface area contributed by atoms with Gasteiger partial charge in [0.2, 0.25) is 0 Å². The van der Waals surface area contributed by atoms with Crippen molar-refractivity contribution >= 4 is 23.4 Å². The lowest BCUT2D eigenvalue weighted by Crippen LogP contribution is -2.36. The molecule has 2 fully saturated rings. The van der Waals surface area contributed by atoms with Gasteiger partial charge in [0.1, 0.15) is 16.7 Å². The Hall–Kier alpha value is -1.40. The van der Waals surface area contributed by atoms with Crippen LogP contribution < -0.4 is 5.32 Å². The molecule has 2 aliphatic carbocycles. The molecule has 22 heavy (non-hydrogen) atoms. The van der Waals surface area contributed by atoms with Gasteiger partial charge < -0.3 is 15.2 Å². The number of anilines is 1. The highest BCUT2D eigenvalue weighted by molar-refractivity contribution is 6.35. The Morgan fingerprint density at radius 2 is 2.00 bits per heavy atom. The maximum Gasteiger partial charge on any atom is 0.358 e. The molecule has 0 aliphatic heterocycles. The van der Waals surface area contributed by atoms with Crippen molar-refractivity contribution in [2.45, 2.75) is 56.6 Å². The molecule has 0 unspecified atom stereocenters. The number of nitrogens with one attached hydrogen (secondary N) is 1. The van der Waals surface area contributed by atoms with Crippen molar-refractivity contribution in [3.63, 3.8) is 0 Å². The molecule has 2 atom stereocenters. The Kier molecular flexibility index (Phi) is 4.49. The molecule has 0 amide bonds. The fraction of sp³-hybridized carbons (Fsp3) is 0.667. The lowest BCUT2D eigenvalue weighted by molar-refractivity contribution is 0.0593. The average molecular weight is 326 g/mol. The van der Waals surface area contributed by atoms with Gasteiger partial charge in [-0.15, -0.1) is 0 Å². The van der Waals surface area contributed by atoms with Crippen molar-refractivity contribution in [1.82, 2.24) is 9.97 Å². The zero-order valence-electron chi connectivity index (χ0n) is 12.5. The van der Waals surface area contributed by atoms with Gasteiger partial charge in [0.15, 0.2) is 5.69 Å². The second-order valence-electron chi connectivity index (χ2n) is 5.96. The van der Waals surface area contributed by atoms with Gasteiger partial charge >= 0.3 is 5.97 Å². The normalized spacial score (nSPS) is 24.9. The minimum absolute atomic E-state index is 0.0915. The molecule has 0 bridgehead atoms. The van der Waals surface area contributed by atoms with Gasteiger partial charge in [0.25, 0.3) is 0 Å². The summed E-state index contributed by atoms with van der Waals surface area (Å²) in [4.78, 5) is 20.6. The van der Waals surface area contributed by atoms with Gasteiger partial charge in [-0.25, -0.2) is 14.8 Å². The molecule has 7 heteroatoms. The first-order valence-corrected chi connectivity index (χ1v) is 8.08. The fourth-order valence-corrected chi connectivity index (χ4v) is 2.99. The van der Waals surface area contributed by atoms with Crippen LogP contribution in [-0.4, -0.2) is 40.3 Å². The monoisotopic (exact) mass is 325 g/mol. The van der Waals surface area contributed by atoms with Gasteiger partial charge in [-0.05, 0) is 25.7 Å². The molecule has 3 rings (SSSR count). The summed E-state index contributed by atoms with van der Waals surface area (Å²) >= 11 is 6.28. The van der Waals surface area contributed by atoms with Crippen LogP contribution in [0.15, 0.2) is 0 Å². The number of aromatic nitrogens is 2. The number of rotatable bonds is 4. The Morgan fingerprint density at radius 1 is 1.27 bits per heavy atom. The Bertz CT molecular complexity index is 577. The molecular weight excluding hydrogens is 306 g/mol. The summed E-state index contributed by atoms with van der Waals surface area (Å²) in [6, 6.07) is -0.0984. The number of nitrogens with zero attached hydrogens (tertiary/aromatic N) is 2. The van der Waals surface area contributed by atoms with Crippen molar-refractivity contribution in [2.24, 2.45) is 0 Å². The van der Waals surface area contributed by atoms with Crippen LogP contribution in [0.1, 0.15) is 60.8 Å². The summed E-state index contributed by atoms with van der Waals surface area (Å²) in [6.07, 6.45) is 5.31. The van der Waals surface area contributed by atoms with Crippen LogP contribution in [0.25, 0.3) is 0 Å². The Balaban J connectivity index is 1.91. The number of hydrogen-bond donors (Lipinski definition) is 2. The standard InChI is InChI=1S/C15H20ClN3O3/c1-22-15(21)12-11(16)14(19-13(18-12)8-6-7-8)17-9-4-2-3-5-10(9)20/h8-10,20H,2-7H2,1H3,(H,17,18,19)/t9-,10-/m1/s1.